The number of aliphatic carboxylic acids is 1. The van der Waals surface area contributed by atoms with E-state index in [9.17, 15) is 19.5 Å². The third kappa shape index (κ3) is 5.29. The number of nitrogens with one attached hydrogen (secondary N) is 1. The molecule has 1 saturated carbocycles. The fraction of sp³-hybridized carbons (Fsp3) is 0.344. The molecule has 6 rings (SSSR count). The lowest BCUT2D eigenvalue weighted by atomic mass is 9.67. The summed E-state index contributed by atoms with van der Waals surface area (Å²) in [5, 5.41) is 11.1. The Labute approximate surface area is 247 Å². The molecule has 0 radical (unpaired) electrons. The number of imidazole rings is 1. The van der Waals surface area contributed by atoms with Gasteiger partial charge in [-0.25, -0.2) is 4.79 Å². The summed E-state index contributed by atoms with van der Waals surface area (Å²) >= 11 is 12.7. The molecule has 3 aromatic carbocycles. The smallest absolute Gasteiger partial charge is 0.326 e. The van der Waals surface area contributed by atoms with Gasteiger partial charge in [-0.15, -0.1) is 0 Å². The maximum absolute atomic E-state index is 14.6. The van der Waals surface area contributed by atoms with E-state index in [-0.39, 0.29) is 35.9 Å². The number of para-hydroxylation sites is 2. The first-order chi connectivity index (χ1) is 19.6. The van der Waals surface area contributed by atoms with E-state index in [1.165, 1.54) is 0 Å². The number of aromatic nitrogens is 2. The minimum absolute atomic E-state index is 0.182. The van der Waals surface area contributed by atoms with Crippen LogP contribution >= 0.6 is 23.2 Å². The van der Waals surface area contributed by atoms with Crippen LogP contribution < -0.4 is 5.69 Å². The van der Waals surface area contributed by atoms with E-state index >= 15 is 0 Å². The number of hydrogen-bond donors (Lipinski definition) is 2. The number of carboxylic acid groups (broad SMARTS) is 1. The minimum Gasteiger partial charge on any atom is -0.481 e. The zero-order valence-electron chi connectivity index (χ0n) is 22.6. The first-order valence-electron chi connectivity index (χ1n) is 13.9. The van der Waals surface area contributed by atoms with Gasteiger partial charge in [-0.3, -0.25) is 14.2 Å². The highest BCUT2D eigenvalue weighted by Gasteiger charge is 2.54. The van der Waals surface area contributed by atoms with Crippen molar-refractivity contribution in [2.75, 3.05) is 0 Å². The van der Waals surface area contributed by atoms with Gasteiger partial charge in [0, 0.05) is 22.5 Å². The van der Waals surface area contributed by atoms with Crippen LogP contribution in [0.4, 0.5) is 0 Å². The molecule has 0 unspecified atom stereocenters. The van der Waals surface area contributed by atoms with E-state index in [4.69, 9.17) is 23.2 Å². The van der Waals surface area contributed by atoms with Crippen LogP contribution in [0.1, 0.15) is 55.7 Å². The Balaban J connectivity index is 1.54. The van der Waals surface area contributed by atoms with E-state index < -0.39 is 17.4 Å². The van der Waals surface area contributed by atoms with Crippen molar-refractivity contribution < 1.29 is 14.7 Å². The predicted octanol–water partition coefficient (Wildman–Crippen LogP) is 6.65. The summed E-state index contributed by atoms with van der Waals surface area (Å²) in [5.74, 6) is -1.28. The second-order valence-electron chi connectivity index (χ2n) is 11.7. The zero-order valence-corrected chi connectivity index (χ0v) is 24.1. The van der Waals surface area contributed by atoms with Crippen LogP contribution in [0, 0.1) is 11.3 Å². The first-order valence-corrected chi connectivity index (χ1v) is 14.6. The number of aromatic amines is 1. The van der Waals surface area contributed by atoms with Crippen molar-refractivity contribution in [3.63, 3.8) is 0 Å². The fourth-order valence-corrected chi connectivity index (χ4v) is 6.99. The average molecular weight is 593 g/mol. The third-order valence-corrected chi connectivity index (χ3v) is 9.19. The van der Waals surface area contributed by atoms with Crippen LogP contribution in [0.3, 0.4) is 0 Å². The van der Waals surface area contributed by atoms with Crippen molar-refractivity contribution >= 4 is 46.1 Å². The van der Waals surface area contributed by atoms with E-state index in [2.05, 4.69) is 4.98 Å². The zero-order chi connectivity index (χ0) is 28.9. The Hall–Kier alpha value is -3.55. The van der Waals surface area contributed by atoms with Gasteiger partial charge >= 0.3 is 11.7 Å². The Morgan fingerprint density at radius 1 is 1.00 bits per heavy atom. The number of amides is 1. The Bertz CT molecular complexity index is 1680. The number of carbonyl (C=O) groups excluding carboxylic acids is 1. The van der Waals surface area contributed by atoms with Crippen LogP contribution in [-0.4, -0.2) is 37.5 Å². The number of carbonyl (C=O) groups is 2. The van der Waals surface area contributed by atoms with Crippen LogP contribution in [0.15, 0.2) is 77.6 Å². The molecular weight excluding hydrogens is 561 g/mol. The molecule has 1 aliphatic carbocycles. The fourth-order valence-electron chi connectivity index (χ4n) is 6.67. The summed E-state index contributed by atoms with van der Waals surface area (Å²) in [5.41, 5.74) is 1.96. The van der Waals surface area contributed by atoms with Gasteiger partial charge in [0.05, 0.1) is 35.0 Å². The van der Waals surface area contributed by atoms with Gasteiger partial charge in [0.1, 0.15) is 0 Å². The van der Waals surface area contributed by atoms with Crippen molar-refractivity contribution in [1.82, 2.24) is 14.5 Å². The molecule has 4 aromatic rings. The summed E-state index contributed by atoms with van der Waals surface area (Å²) < 4.78 is 1.71. The number of nitrogens with zero attached hydrogens (tertiary/aromatic N) is 2. The SMILES string of the molecule is C[C@]1(CC(=O)O)C[C@H](c2cccc(Cl)c2)[C@@H](c2ccc(Cl)cc2)N([C@H](Cn2c(=O)[nH]c3ccccc32)C2CC2)C1=O. The molecule has 2 fully saturated rings. The molecule has 1 aromatic heterocycles. The molecular formula is C32H31Cl2N3O4. The highest BCUT2D eigenvalue weighted by atomic mass is 35.5. The lowest BCUT2D eigenvalue weighted by Gasteiger charge is -2.52. The highest BCUT2D eigenvalue weighted by molar-refractivity contribution is 6.30. The molecule has 9 heteroatoms. The van der Waals surface area contributed by atoms with Crippen LogP contribution in [0.5, 0.6) is 0 Å². The number of H-pyrrole nitrogens is 1. The molecule has 2 heterocycles. The number of benzene rings is 3. The minimum atomic E-state index is -1.15. The molecule has 7 nitrogen and oxygen atoms in total. The van der Waals surface area contributed by atoms with Gasteiger partial charge in [0.25, 0.3) is 0 Å². The lowest BCUT2D eigenvalue weighted by Crippen LogP contribution is -2.57. The number of piperidine rings is 1. The molecule has 0 bridgehead atoms. The van der Waals surface area contributed by atoms with Crippen molar-refractivity contribution in [2.45, 2.75) is 57.2 Å². The number of halogens is 2. The van der Waals surface area contributed by atoms with Crippen molar-refractivity contribution in [2.24, 2.45) is 11.3 Å². The van der Waals surface area contributed by atoms with E-state index in [1.54, 1.807) is 17.6 Å². The van der Waals surface area contributed by atoms with E-state index in [0.29, 0.717) is 23.0 Å². The van der Waals surface area contributed by atoms with Gasteiger partial charge in [-0.1, -0.05) is 66.5 Å². The Morgan fingerprint density at radius 2 is 1.73 bits per heavy atom. The van der Waals surface area contributed by atoms with E-state index in [0.717, 1.165) is 35.0 Å². The first kappa shape index (κ1) is 27.6. The molecule has 1 amide bonds. The van der Waals surface area contributed by atoms with Gasteiger partial charge in [-0.05, 0) is 72.7 Å². The molecule has 1 aliphatic heterocycles. The van der Waals surface area contributed by atoms with Crippen molar-refractivity contribution in [1.29, 1.82) is 0 Å². The molecule has 4 atom stereocenters. The Kier molecular flexibility index (Phi) is 7.20. The summed E-state index contributed by atoms with van der Waals surface area (Å²) in [4.78, 5) is 44.8. The number of fused-ring (bicyclic) bond motifs is 1. The van der Waals surface area contributed by atoms with E-state index in [1.807, 2.05) is 71.6 Å². The number of likely N-dealkylation sites (tertiary alicyclic amines) is 1. The topological polar surface area (TPSA) is 95.4 Å². The maximum Gasteiger partial charge on any atom is 0.326 e. The third-order valence-electron chi connectivity index (χ3n) is 8.71. The second kappa shape index (κ2) is 10.7. The number of rotatable bonds is 8. The van der Waals surface area contributed by atoms with Crippen molar-refractivity contribution in [3.05, 3.63) is 104 Å². The van der Waals surface area contributed by atoms with Gasteiger partial charge in [0.15, 0.2) is 0 Å². The predicted molar refractivity (Wildman–Crippen MR) is 159 cm³/mol. The van der Waals surface area contributed by atoms with Crippen LogP contribution in [-0.2, 0) is 16.1 Å². The average Bonchev–Trinajstić information content (AvgIpc) is 3.72. The normalized spacial score (nSPS) is 23.6. The molecule has 2 aliphatic rings. The highest BCUT2D eigenvalue weighted by Crippen LogP contribution is 2.54. The Morgan fingerprint density at radius 3 is 2.41 bits per heavy atom. The van der Waals surface area contributed by atoms with Gasteiger partial charge in [0.2, 0.25) is 5.91 Å². The number of carboxylic acids is 1. The van der Waals surface area contributed by atoms with Crippen LogP contribution in [0.2, 0.25) is 10.0 Å². The summed E-state index contributed by atoms with van der Waals surface area (Å²) in [6.45, 7) is 2.06. The summed E-state index contributed by atoms with van der Waals surface area (Å²) in [6.07, 6.45) is 1.90. The van der Waals surface area contributed by atoms with Crippen molar-refractivity contribution in [3.8, 4) is 0 Å². The quantitative estimate of drug-likeness (QED) is 0.240. The maximum atomic E-state index is 14.6. The van der Waals surface area contributed by atoms with Gasteiger partial charge < -0.3 is 15.0 Å². The molecule has 41 heavy (non-hydrogen) atoms. The largest absolute Gasteiger partial charge is 0.481 e. The molecule has 0 spiro atoms. The number of hydrogen-bond acceptors (Lipinski definition) is 3. The van der Waals surface area contributed by atoms with Gasteiger partial charge in [-0.2, -0.15) is 0 Å². The molecule has 212 valence electrons. The second-order valence-corrected chi connectivity index (χ2v) is 12.5. The standard InChI is InChI=1S/C32H31Cl2N3O4/c1-32(17-28(38)39)16-24(21-5-4-6-23(34)15-21)29(20-11-13-22(33)14-12-20)37(30(32)40)27(19-9-10-19)18-36-26-8-3-2-7-25(26)35-31(36)41/h2-8,11-15,19,24,27,29H,9-10,16-18H2,1H3,(H,35,41)(H,38,39)/t24-,27-,29-,32-/m1/s1. The lowest BCUT2D eigenvalue weighted by molar-refractivity contribution is -0.161. The molecule has 1 saturated heterocycles. The monoisotopic (exact) mass is 591 g/mol. The van der Waals surface area contributed by atoms with Crippen LogP contribution in [0.25, 0.3) is 11.0 Å². The molecule has 2 N–H and O–H groups in total. The summed E-state index contributed by atoms with van der Waals surface area (Å²) in [7, 11) is 0. The summed E-state index contributed by atoms with van der Waals surface area (Å²) in [6, 6.07) is 21.9.